The molecule has 0 aliphatic rings. The Balaban J connectivity index is 2.05. The predicted molar refractivity (Wildman–Crippen MR) is 92.1 cm³/mol. The average Bonchev–Trinajstić information content (AvgIpc) is 2.62. The fraction of sp³-hybridized carbons (Fsp3) is 0.0556. The van der Waals surface area contributed by atoms with Crippen LogP contribution in [-0.4, -0.2) is 22.7 Å². The minimum absolute atomic E-state index is 0.0417. The summed E-state index contributed by atoms with van der Waals surface area (Å²) in [5, 5.41) is 11.5. The number of carbonyl (C=O) groups is 2. The molecule has 6 heteroatoms. The van der Waals surface area contributed by atoms with Crippen LogP contribution < -0.4 is 4.74 Å². The number of rotatable bonds is 6. The molecule has 2 aromatic rings. The van der Waals surface area contributed by atoms with Crippen LogP contribution in [0.25, 0.3) is 0 Å². The molecular weight excluding hydrogens is 326 g/mol. The maximum Gasteiger partial charge on any atom is 0.335 e. The van der Waals surface area contributed by atoms with Crippen LogP contribution in [0.1, 0.15) is 17.3 Å². The highest BCUT2D eigenvalue weighted by molar-refractivity contribution is 7.99. The van der Waals surface area contributed by atoms with E-state index in [1.54, 1.807) is 24.3 Å². The van der Waals surface area contributed by atoms with Gasteiger partial charge in [0.2, 0.25) is 5.78 Å². The SMILES string of the molecule is C=CC(=O)Oc1ccc(Sc2ccc(C(=O)/C(C)=N/O)cc2)cc1. The summed E-state index contributed by atoms with van der Waals surface area (Å²) < 4.78 is 5.01. The number of Topliss-reactive ketones (excluding diaryl/α,β-unsaturated/α-hetero) is 1. The normalized spacial score (nSPS) is 11.0. The molecule has 0 atom stereocenters. The van der Waals surface area contributed by atoms with Crippen molar-refractivity contribution < 1.29 is 19.5 Å². The van der Waals surface area contributed by atoms with Crippen molar-refractivity contribution in [3.8, 4) is 5.75 Å². The minimum Gasteiger partial charge on any atom is -0.423 e. The fourth-order valence-corrected chi connectivity index (χ4v) is 2.61. The first-order valence-electron chi connectivity index (χ1n) is 6.99. The average molecular weight is 341 g/mol. The summed E-state index contributed by atoms with van der Waals surface area (Å²) in [6.45, 7) is 4.79. The van der Waals surface area contributed by atoms with E-state index < -0.39 is 5.97 Å². The molecule has 5 nitrogen and oxygen atoms in total. The predicted octanol–water partition coefficient (Wildman–Crippen LogP) is 3.96. The van der Waals surface area contributed by atoms with E-state index in [0.29, 0.717) is 11.3 Å². The molecule has 1 N–H and O–H groups in total. The molecule has 0 radical (unpaired) electrons. The lowest BCUT2D eigenvalue weighted by Crippen LogP contribution is -2.10. The molecule has 0 heterocycles. The molecule has 24 heavy (non-hydrogen) atoms. The van der Waals surface area contributed by atoms with Gasteiger partial charge in [0.25, 0.3) is 0 Å². The number of ether oxygens (including phenoxy) is 1. The number of ketones is 1. The van der Waals surface area contributed by atoms with Crippen LogP contribution in [0.2, 0.25) is 0 Å². The molecule has 0 amide bonds. The van der Waals surface area contributed by atoms with Gasteiger partial charge in [-0.25, -0.2) is 4.79 Å². The van der Waals surface area contributed by atoms with Crippen molar-refractivity contribution in [2.75, 3.05) is 0 Å². The van der Waals surface area contributed by atoms with Gasteiger partial charge in [-0.3, -0.25) is 4.79 Å². The van der Waals surface area contributed by atoms with Crippen LogP contribution in [0.4, 0.5) is 0 Å². The first-order chi connectivity index (χ1) is 11.5. The Morgan fingerprint density at radius 2 is 1.62 bits per heavy atom. The zero-order chi connectivity index (χ0) is 17.5. The Hall–Kier alpha value is -2.86. The molecule has 0 unspecified atom stereocenters. The maximum atomic E-state index is 11.8. The van der Waals surface area contributed by atoms with Crippen LogP contribution in [0.3, 0.4) is 0 Å². The van der Waals surface area contributed by atoms with Crippen LogP contribution in [0, 0.1) is 0 Å². The van der Waals surface area contributed by atoms with Crippen molar-refractivity contribution in [3.63, 3.8) is 0 Å². The van der Waals surface area contributed by atoms with Gasteiger partial charge in [0, 0.05) is 21.4 Å². The zero-order valence-electron chi connectivity index (χ0n) is 12.9. The first-order valence-corrected chi connectivity index (χ1v) is 7.80. The largest absolute Gasteiger partial charge is 0.423 e. The van der Waals surface area contributed by atoms with Crippen LogP contribution in [0.5, 0.6) is 5.75 Å². The third-order valence-electron chi connectivity index (χ3n) is 3.04. The minimum atomic E-state index is -0.502. The first kappa shape index (κ1) is 17.5. The van der Waals surface area contributed by atoms with Crippen molar-refractivity contribution in [2.24, 2.45) is 5.16 Å². The molecule has 2 rings (SSSR count). The highest BCUT2D eigenvalue weighted by atomic mass is 32.2. The van der Waals surface area contributed by atoms with Gasteiger partial charge in [0.05, 0.1) is 0 Å². The van der Waals surface area contributed by atoms with Crippen LogP contribution in [-0.2, 0) is 4.79 Å². The molecule has 0 bridgehead atoms. The van der Waals surface area contributed by atoms with Crippen molar-refractivity contribution in [2.45, 2.75) is 16.7 Å². The summed E-state index contributed by atoms with van der Waals surface area (Å²) in [4.78, 5) is 24.9. The van der Waals surface area contributed by atoms with Crippen LogP contribution >= 0.6 is 11.8 Å². The van der Waals surface area contributed by atoms with Gasteiger partial charge < -0.3 is 9.94 Å². The van der Waals surface area contributed by atoms with Gasteiger partial charge in [-0.05, 0) is 55.5 Å². The van der Waals surface area contributed by atoms with Crippen molar-refractivity contribution in [1.82, 2.24) is 0 Å². The molecule has 2 aromatic carbocycles. The van der Waals surface area contributed by atoms with Gasteiger partial charge in [-0.2, -0.15) is 0 Å². The molecule has 0 spiro atoms. The maximum absolute atomic E-state index is 11.8. The molecule has 0 saturated heterocycles. The number of nitrogens with zero attached hydrogens (tertiary/aromatic N) is 1. The number of esters is 1. The smallest absolute Gasteiger partial charge is 0.335 e. The summed E-state index contributed by atoms with van der Waals surface area (Å²) in [7, 11) is 0. The molecule has 122 valence electrons. The third-order valence-corrected chi connectivity index (χ3v) is 4.06. The number of hydrogen-bond acceptors (Lipinski definition) is 6. The molecule has 0 fully saturated rings. The van der Waals surface area contributed by atoms with Gasteiger partial charge in [0.15, 0.2) is 0 Å². The van der Waals surface area contributed by atoms with E-state index in [4.69, 9.17) is 9.94 Å². The van der Waals surface area contributed by atoms with Crippen molar-refractivity contribution in [1.29, 1.82) is 0 Å². The van der Waals surface area contributed by atoms with E-state index >= 15 is 0 Å². The number of benzene rings is 2. The molecule has 0 aliphatic heterocycles. The Morgan fingerprint density at radius 3 is 2.12 bits per heavy atom. The summed E-state index contributed by atoms with van der Waals surface area (Å²) in [6, 6.07) is 14.0. The second-order valence-corrected chi connectivity index (χ2v) is 5.88. The Bertz CT molecular complexity index is 780. The topological polar surface area (TPSA) is 76.0 Å². The van der Waals surface area contributed by atoms with E-state index in [2.05, 4.69) is 11.7 Å². The molecular formula is C18H15NO4S. The number of oxime groups is 1. The summed E-state index contributed by atoms with van der Waals surface area (Å²) in [5.41, 5.74) is 0.501. The number of hydrogen-bond donors (Lipinski definition) is 1. The monoisotopic (exact) mass is 341 g/mol. The third kappa shape index (κ3) is 4.57. The lowest BCUT2D eigenvalue weighted by molar-refractivity contribution is -0.128. The Morgan fingerprint density at radius 1 is 1.08 bits per heavy atom. The lowest BCUT2D eigenvalue weighted by Gasteiger charge is -2.05. The molecule has 0 aliphatic carbocycles. The quantitative estimate of drug-likeness (QED) is 0.164. The van der Waals surface area contributed by atoms with Crippen LogP contribution in [0.15, 0.2) is 76.1 Å². The van der Waals surface area contributed by atoms with Crippen molar-refractivity contribution in [3.05, 3.63) is 66.7 Å². The summed E-state index contributed by atoms with van der Waals surface area (Å²) in [5.74, 6) is -0.372. The summed E-state index contributed by atoms with van der Waals surface area (Å²) in [6.07, 6.45) is 1.11. The Kier molecular flexibility index (Phi) is 5.92. The number of carbonyl (C=O) groups excluding carboxylic acids is 2. The lowest BCUT2D eigenvalue weighted by atomic mass is 10.1. The highest BCUT2D eigenvalue weighted by Gasteiger charge is 2.10. The van der Waals surface area contributed by atoms with Gasteiger partial charge in [0.1, 0.15) is 11.5 Å². The fourth-order valence-electron chi connectivity index (χ4n) is 1.80. The second-order valence-electron chi connectivity index (χ2n) is 4.74. The van der Waals surface area contributed by atoms with E-state index in [1.807, 2.05) is 24.3 Å². The molecule has 0 saturated carbocycles. The van der Waals surface area contributed by atoms with E-state index in [0.717, 1.165) is 15.9 Å². The standard InChI is InChI=1S/C18H15NO4S/c1-3-17(20)23-14-6-10-16(11-7-14)24-15-8-4-13(5-9-15)18(21)12(2)19-22/h3-11,22H,1H2,2H3/b19-12+. The summed E-state index contributed by atoms with van der Waals surface area (Å²) >= 11 is 1.50. The van der Waals surface area contributed by atoms with E-state index in [-0.39, 0.29) is 11.5 Å². The van der Waals surface area contributed by atoms with E-state index in [1.165, 1.54) is 18.7 Å². The van der Waals surface area contributed by atoms with Gasteiger partial charge in [-0.15, -0.1) is 0 Å². The molecule has 0 aromatic heterocycles. The second kappa shape index (κ2) is 8.12. The zero-order valence-corrected chi connectivity index (χ0v) is 13.7. The van der Waals surface area contributed by atoms with Gasteiger partial charge >= 0.3 is 5.97 Å². The van der Waals surface area contributed by atoms with E-state index in [9.17, 15) is 9.59 Å². The van der Waals surface area contributed by atoms with Gasteiger partial charge in [-0.1, -0.05) is 23.5 Å². The van der Waals surface area contributed by atoms with Crippen molar-refractivity contribution >= 4 is 29.2 Å². The highest BCUT2D eigenvalue weighted by Crippen LogP contribution is 2.29. The Labute approximate surface area is 143 Å².